The minimum atomic E-state index is -3.34. The fraction of sp³-hybridized carbons (Fsp3) is 0.588. The molecule has 2 aliphatic rings. The lowest BCUT2D eigenvalue weighted by atomic mass is 9.93. The zero-order valence-electron chi connectivity index (χ0n) is 13.7. The Labute approximate surface area is 143 Å². The first-order valence-corrected chi connectivity index (χ1v) is 10.1. The summed E-state index contributed by atoms with van der Waals surface area (Å²) in [6.45, 7) is 1.80. The maximum Gasteiger partial charge on any atom is 0.227 e. The number of carbonyl (C=O) groups excluding carboxylic acids is 1. The van der Waals surface area contributed by atoms with Crippen LogP contribution < -0.4 is 5.32 Å². The first-order valence-electron chi connectivity index (χ1n) is 8.46. The molecule has 1 amide bonds. The lowest BCUT2D eigenvalue weighted by Crippen LogP contribution is -2.44. The Hall–Kier alpha value is -1.44. The summed E-state index contributed by atoms with van der Waals surface area (Å²) in [5, 5.41) is 2.82. The molecule has 0 spiro atoms. The number of morpholine rings is 1. The second-order valence-electron chi connectivity index (χ2n) is 6.34. The lowest BCUT2D eigenvalue weighted by Gasteiger charge is -2.26. The first kappa shape index (κ1) is 17.4. The van der Waals surface area contributed by atoms with E-state index in [0.29, 0.717) is 32.2 Å². The third kappa shape index (κ3) is 4.34. The van der Waals surface area contributed by atoms with Crippen LogP contribution in [0.1, 0.15) is 24.3 Å². The van der Waals surface area contributed by atoms with Gasteiger partial charge in [-0.3, -0.25) is 4.79 Å². The first-order chi connectivity index (χ1) is 11.6. The van der Waals surface area contributed by atoms with Gasteiger partial charge >= 0.3 is 0 Å². The molecule has 1 aliphatic heterocycles. The highest BCUT2D eigenvalue weighted by atomic mass is 32.2. The lowest BCUT2D eigenvalue weighted by molar-refractivity contribution is -0.122. The molecule has 1 saturated carbocycles. The molecule has 3 rings (SSSR count). The number of hydrogen-bond donors (Lipinski definition) is 1. The van der Waals surface area contributed by atoms with Gasteiger partial charge in [0.1, 0.15) is 0 Å². The van der Waals surface area contributed by atoms with Crippen LogP contribution >= 0.6 is 0 Å². The van der Waals surface area contributed by atoms with Crippen molar-refractivity contribution in [3.05, 3.63) is 35.9 Å². The standard InChI is InChI=1S/C17H24N2O4S/c20-17(16(15-6-7-15)14-4-2-1-3-5-14)18-8-13-24(21,22)19-9-11-23-12-10-19/h1-5,15-16H,6-13H2,(H,18,20). The van der Waals surface area contributed by atoms with Crippen LogP contribution in [0.2, 0.25) is 0 Å². The number of amides is 1. The summed E-state index contributed by atoms with van der Waals surface area (Å²) in [6, 6.07) is 9.72. The number of rotatable bonds is 7. The SMILES string of the molecule is O=C(NCCS(=O)(=O)N1CCOCC1)C(c1ccccc1)C1CC1. The predicted molar refractivity (Wildman–Crippen MR) is 91.1 cm³/mol. The van der Waals surface area contributed by atoms with Gasteiger partial charge in [0.2, 0.25) is 15.9 Å². The van der Waals surface area contributed by atoms with Gasteiger partial charge in [-0.2, -0.15) is 4.31 Å². The molecule has 1 atom stereocenters. The molecule has 24 heavy (non-hydrogen) atoms. The Morgan fingerprint density at radius 3 is 2.50 bits per heavy atom. The van der Waals surface area contributed by atoms with Gasteiger partial charge in [-0.1, -0.05) is 30.3 Å². The second-order valence-corrected chi connectivity index (χ2v) is 8.43. The summed E-state index contributed by atoms with van der Waals surface area (Å²) in [6.07, 6.45) is 2.11. The van der Waals surface area contributed by atoms with Gasteiger partial charge in [-0.25, -0.2) is 8.42 Å². The van der Waals surface area contributed by atoms with Gasteiger partial charge in [0.25, 0.3) is 0 Å². The maximum absolute atomic E-state index is 12.5. The van der Waals surface area contributed by atoms with E-state index in [1.165, 1.54) is 4.31 Å². The van der Waals surface area contributed by atoms with E-state index >= 15 is 0 Å². The zero-order valence-corrected chi connectivity index (χ0v) is 14.5. The number of sulfonamides is 1. The summed E-state index contributed by atoms with van der Waals surface area (Å²) in [7, 11) is -3.34. The van der Waals surface area contributed by atoms with Crippen LogP contribution in [0.4, 0.5) is 0 Å². The molecule has 0 bridgehead atoms. The molecule has 1 aromatic rings. The second kappa shape index (κ2) is 7.63. The van der Waals surface area contributed by atoms with Gasteiger partial charge in [-0.15, -0.1) is 0 Å². The molecule has 0 aromatic heterocycles. The molecular weight excluding hydrogens is 328 g/mol. The summed E-state index contributed by atoms with van der Waals surface area (Å²) < 4.78 is 31.2. The van der Waals surface area contributed by atoms with Crippen molar-refractivity contribution in [2.45, 2.75) is 18.8 Å². The predicted octanol–water partition coefficient (Wildman–Crippen LogP) is 0.958. The summed E-state index contributed by atoms with van der Waals surface area (Å²) >= 11 is 0. The number of hydrogen-bond acceptors (Lipinski definition) is 4. The highest BCUT2D eigenvalue weighted by Crippen LogP contribution is 2.42. The summed E-state index contributed by atoms with van der Waals surface area (Å²) in [4.78, 5) is 12.5. The number of nitrogens with one attached hydrogen (secondary N) is 1. The monoisotopic (exact) mass is 352 g/mol. The molecule has 1 saturated heterocycles. The molecule has 2 fully saturated rings. The van der Waals surface area contributed by atoms with Crippen LogP contribution in [0.5, 0.6) is 0 Å². The zero-order chi connectivity index (χ0) is 17.0. The van der Waals surface area contributed by atoms with Crippen molar-refractivity contribution < 1.29 is 17.9 Å². The molecule has 1 aliphatic carbocycles. The highest BCUT2D eigenvalue weighted by Gasteiger charge is 2.37. The smallest absolute Gasteiger partial charge is 0.227 e. The Morgan fingerprint density at radius 2 is 1.88 bits per heavy atom. The average molecular weight is 352 g/mol. The Kier molecular flexibility index (Phi) is 5.53. The van der Waals surface area contributed by atoms with Gasteiger partial charge in [0.15, 0.2) is 0 Å². The van der Waals surface area contributed by atoms with Crippen molar-refractivity contribution in [1.29, 1.82) is 0 Å². The van der Waals surface area contributed by atoms with Crippen molar-refractivity contribution in [2.75, 3.05) is 38.6 Å². The van der Waals surface area contributed by atoms with Crippen LogP contribution in [-0.4, -0.2) is 57.2 Å². The Balaban J connectivity index is 1.54. The van der Waals surface area contributed by atoms with Gasteiger partial charge in [0.05, 0.1) is 24.9 Å². The minimum Gasteiger partial charge on any atom is -0.379 e. The average Bonchev–Trinajstić information content (AvgIpc) is 3.41. The van der Waals surface area contributed by atoms with Crippen molar-refractivity contribution in [2.24, 2.45) is 5.92 Å². The normalized spacial score (nSPS) is 20.5. The fourth-order valence-electron chi connectivity index (χ4n) is 3.09. The topological polar surface area (TPSA) is 75.7 Å². The molecule has 1 aromatic carbocycles. The van der Waals surface area contributed by atoms with E-state index in [1.807, 2.05) is 30.3 Å². The third-order valence-electron chi connectivity index (χ3n) is 4.56. The number of ether oxygens (including phenoxy) is 1. The molecular formula is C17H24N2O4S. The third-order valence-corrected chi connectivity index (χ3v) is 6.43. The fourth-order valence-corrected chi connectivity index (χ4v) is 4.42. The minimum absolute atomic E-state index is 0.0646. The Morgan fingerprint density at radius 1 is 1.21 bits per heavy atom. The van der Waals surface area contributed by atoms with Crippen molar-refractivity contribution in [3.63, 3.8) is 0 Å². The summed E-state index contributed by atoms with van der Waals surface area (Å²) in [5.41, 5.74) is 1.01. The van der Waals surface area contributed by atoms with E-state index < -0.39 is 10.0 Å². The summed E-state index contributed by atoms with van der Waals surface area (Å²) in [5.74, 6) is 0.0756. The maximum atomic E-state index is 12.5. The number of carbonyl (C=O) groups is 1. The largest absolute Gasteiger partial charge is 0.379 e. The van der Waals surface area contributed by atoms with Crippen LogP contribution in [0, 0.1) is 5.92 Å². The van der Waals surface area contributed by atoms with Gasteiger partial charge < -0.3 is 10.1 Å². The van der Waals surface area contributed by atoms with Gasteiger partial charge in [0, 0.05) is 19.6 Å². The molecule has 1 heterocycles. The Bertz CT molecular complexity index is 652. The van der Waals surface area contributed by atoms with Gasteiger partial charge in [-0.05, 0) is 24.3 Å². The van der Waals surface area contributed by atoms with E-state index in [0.717, 1.165) is 18.4 Å². The molecule has 132 valence electrons. The van der Waals surface area contributed by atoms with Crippen molar-refractivity contribution >= 4 is 15.9 Å². The highest BCUT2D eigenvalue weighted by molar-refractivity contribution is 7.89. The number of nitrogens with zero attached hydrogens (tertiary/aromatic N) is 1. The van der Waals surface area contributed by atoms with E-state index in [2.05, 4.69) is 5.32 Å². The van der Waals surface area contributed by atoms with E-state index in [4.69, 9.17) is 4.74 Å². The molecule has 6 nitrogen and oxygen atoms in total. The van der Waals surface area contributed by atoms with E-state index in [1.54, 1.807) is 0 Å². The number of benzene rings is 1. The molecule has 0 radical (unpaired) electrons. The van der Waals surface area contributed by atoms with Crippen LogP contribution in [0.15, 0.2) is 30.3 Å². The molecule has 1 unspecified atom stereocenters. The van der Waals surface area contributed by atoms with E-state index in [9.17, 15) is 13.2 Å². The molecule has 1 N–H and O–H groups in total. The quantitative estimate of drug-likeness (QED) is 0.793. The molecule has 7 heteroatoms. The van der Waals surface area contributed by atoms with Crippen LogP contribution in [-0.2, 0) is 19.6 Å². The van der Waals surface area contributed by atoms with Crippen LogP contribution in [0.3, 0.4) is 0 Å². The van der Waals surface area contributed by atoms with Crippen LogP contribution in [0.25, 0.3) is 0 Å². The van der Waals surface area contributed by atoms with Crippen molar-refractivity contribution in [3.8, 4) is 0 Å². The van der Waals surface area contributed by atoms with Crippen molar-refractivity contribution in [1.82, 2.24) is 9.62 Å². The van der Waals surface area contributed by atoms with E-state index in [-0.39, 0.29) is 24.1 Å².